The van der Waals surface area contributed by atoms with Crippen molar-refractivity contribution in [2.24, 2.45) is 0 Å². The van der Waals surface area contributed by atoms with Gasteiger partial charge in [-0.1, -0.05) is 0 Å². The molecule has 0 radical (unpaired) electrons. The van der Waals surface area contributed by atoms with Gasteiger partial charge in [-0.15, -0.1) is 11.6 Å². The van der Waals surface area contributed by atoms with Crippen molar-refractivity contribution < 1.29 is 13.9 Å². The lowest BCUT2D eigenvalue weighted by atomic mass is 10.2. The van der Waals surface area contributed by atoms with E-state index in [1.54, 1.807) is 0 Å². The molecule has 0 bridgehead atoms. The van der Waals surface area contributed by atoms with E-state index in [0.717, 1.165) is 6.07 Å². The maximum Gasteiger partial charge on any atom is 0.280 e. The molecule has 0 saturated carbocycles. The standard InChI is InChI=1S/C8H8ClF2NO/c1-4-2-5(8(10)11)12-6(3-9)7(4)13/h2,8,13H,3H2,1H3. The molecule has 0 saturated heterocycles. The van der Waals surface area contributed by atoms with Crippen LogP contribution in [0.2, 0.25) is 0 Å². The predicted octanol–water partition coefficient (Wildman–Crippen LogP) is 2.77. The fourth-order valence-corrected chi connectivity index (χ4v) is 1.15. The number of alkyl halides is 3. The molecule has 1 heterocycles. The predicted molar refractivity (Wildman–Crippen MR) is 45.2 cm³/mol. The van der Waals surface area contributed by atoms with Crippen molar-refractivity contribution in [1.29, 1.82) is 0 Å². The van der Waals surface area contributed by atoms with Gasteiger partial charge in [0.05, 0.1) is 11.6 Å². The Morgan fingerprint density at radius 2 is 2.23 bits per heavy atom. The van der Waals surface area contributed by atoms with Gasteiger partial charge in [-0.3, -0.25) is 0 Å². The average molecular weight is 208 g/mol. The first-order valence-corrected chi connectivity index (χ1v) is 4.13. The zero-order valence-electron chi connectivity index (χ0n) is 6.89. The Bertz CT molecular complexity index is 317. The van der Waals surface area contributed by atoms with Crippen molar-refractivity contribution >= 4 is 11.6 Å². The van der Waals surface area contributed by atoms with Crippen LogP contribution in [-0.4, -0.2) is 10.1 Å². The first kappa shape index (κ1) is 10.2. The number of halogens is 3. The number of hydrogen-bond donors (Lipinski definition) is 1. The van der Waals surface area contributed by atoms with Crippen molar-refractivity contribution in [3.63, 3.8) is 0 Å². The van der Waals surface area contributed by atoms with E-state index in [1.165, 1.54) is 6.92 Å². The van der Waals surface area contributed by atoms with Crippen LogP contribution in [0.15, 0.2) is 6.07 Å². The Kier molecular flexibility index (Phi) is 3.03. The molecule has 5 heteroatoms. The first-order valence-electron chi connectivity index (χ1n) is 3.59. The smallest absolute Gasteiger partial charge is 0.280 e. The molecule has 72 valence electrons. The Hall–Kier alpha value is -0.900. The molecule has 0 aliphatic carbocycles. The van der Waals surface area contributed by atoms with E-state index in [2.05, 4.69) is 4.98 Å². The molecule has 0 aliphatic rings. The summed E-state index contributed by atoms with van der Waals surface area (Å²) in [5.41, 5.74) is 0.101. The summed E-state index contributed by atoms with van der Waals surface area (Å²) in [5.74, 6) is -0.188. The number of pyridine rings is 1. The summed E-state index contributed by atoms with van der Waals surface area (Å²) in [6.45, 7) is 1.53. The second kappa shape index (κ2) is 3.87. The van der Waals surface area contributed by atoms with Crippen LogP contribution in [0.3, 0.4) is 0 Å². The maximum absolute atomic E-state index is 12.2. The van der Waals surface area contributed by atoms with Gasteiger partial charge in [0.25, 0.3) is 6.43 Å². The second-order valence-electron chi connectivity index (χ2n) is 2.59. The highest BCUT2D eigenvalue weighted by Crippen LogP contribution is 2.26. The third-order valence-electron chi connectivity index (χ3n) is 1.63. The molecule has 1 aromatic heterocycles. The summed E-state index contributed by atoms with van der Waals surface area (Å²) in [7, 11) is 0. The van der Waals surface area contributed by atoms with E-state index in [4.69, 9.17) is 11.6 Å². The zero-order valence-corrected chi connectivity index (χ0v) is 7.65. The van der Waals surface area contributed by atoms with Crippen LogP contribution in [0.25, 0.3) is 0 Å². The number of rotatable bonds is 2. The Balaban J connectivity index is 3.22. The molecule has 13 heavy (non-hydrogen) atoms. The summed E-state index contributed by atoms with van der Waals surface area (Å²) in [6, 6.07) is 1.15. The van der Waals surface area contributed by atoms with Crippen LogP contribution in [-0.2, 0) is 5.88 Å². The van der Waals surface area contributed by atoms with Gasteiger partial charge in [0.2, 0.25) is 0 Å². The molecule has 2 nitrogen and oxygen atoms in total. The summed E-state index contributed by atoms with van der Waals surface area (Å²) < 4.78 is 24.4. The molecule has 1 aromatic rings. The summed E-state index contributed by atoms with van der Waals surface area (Å²) in [4.78, 5) is 3.52. The quantitative estimate of drug-likeness (QED) is 0.757. The molecule has 1 rings (SSSR count). The largest absolute Gasteiger partial charge is 0.506 e. The molecule has 0 aliphatic heterocycles. The van der Waals surface area contributed by atoms with Crippen molar-refractivity contribution in [1.82, 2.24) is 4.98 Å². The fraction of sp³-hybridized carbons (Fsp3) is 0.375. The van der Waals surface area contributed by atoms with Gasteiger partial charge in [0.15, 0.2) is 0 Å². The fourth-order valence-electron chi connectivity index (χ4n) is 0.964. The molecule has 0 unspecified atom stereocenters. The van der Waals surface area contributed by atoms with Crippen LogP contribution in [0.1, 0.15) is 23.4 Å². The van der Waals surface area contributed by atoms with E-state index < -0.39 is 6.43 Å². The molecule has 0 atom stereocenters. The molecule has 0 spiro atoms. The third-order valence-corrected chi connectivity index (χ3v) is 1.88. The highest BCUT2D eigenvalue weighted by Gasteiger charge is 2.14. The number of aryl methyl sites for hydroxylation is 1. The molecule has 0 aromatic carbocycles. The van der Waals surface area contributed by atoms with E-state index in [1.807, 2.05) is 0 Å². The SMILES string of the molecule is Cc1cc(C(F)F)nc(CCl)c1O. The van der Waals surface area contributed by atoms with Gasteiger partial charge in [0, 0.05) is 0 Å². The number of aromatic hydroxyl groups is 1. The third kappa shape index (κ3) is 2.06. The molecule has 0 amide bonds. The van der Waals surface area contributed by atoms with Crippen LogP contribution in [0.4, 0.5) is 8.78 Å². The van der Waals surface area contributed by atoms with Gasteiger partial charge in [-0.2, -0.15) is 0 Å². The Morgan fingerprint density at radius 1 is 1.62 bits per heavy atom. The maximum atomic E-state index is 12.2. The first-order chi connectivity index (χ1) is 6.06. The van der Waals surface area contributed by atoms with Gasteiger partial charge in [-0.25, -0.2) is 13.8 Å². The van der Waals surface area contributed by atoms with Gasteiger partial charge in [0.1, 0.15) is 11.4 Å². The van der Waals surface area contributed by atoms with Gasteiger partial charge >= 0.3 is 0 Å². The van der Waals surface area contributed by atoms with Crippen molar-refractivity contribution in [2.75, 3.05) is 0 Å². The highest BCUT2D eigenvalue weighted by atomic mass is 35.5. The summed E-state index contributed by atoms with van der Waals surface area (Å²) in [6.07, 6.45) is -2.64. The van der Waals surface area contributed by atoms with Gasteiger partial charge < -0.3 is 5.11 Å². The number of nitrogens with zero attached hydrogens (tertiary/aromatic N) is 1. The number of hydrogen-bond acceptors (Lipinski definition) is 2. The van der Waals surface area contributed by atoms with Crippen LogP contribution >= 0.6 is 11.6 Å². The lowest BCUT2D eigenvalue weighted by Gasteiger charge is -2.06. The molecule has 1 N–H and O–H groups in total. The molecule has 0 fully saturated rings. The second-order valence-corrected chi connectivity index (χ2v) is 2.86. The van der Waals surface area contributed by atoms with Gasteiger partial charge in [-0.05, 0) is 18.6 Å². The van der Waals surface area contributed by atoms with E-state index in [0.29, 0.717) is 5.56 Å². The average Bonchev–Trinajstić information content (AvgIpc) is 2.09. The normalized spacial score (nSPS) is 10.8. The van der Waals surface area contributed by atoms with Crippen LogP contribution < -0.4 is 0 Å². The van der Waals surface area contributed by atoms with Crippen LogP contribution in [0.5, 0.6) is 5.75 Å². The van der Waals surface area contributed by atoms with Crippen molar-refractivity contribution in [3.05, 3.63) is 23.0 Å². The topological polar surface area (TPSA) is 33.1 Å². The lowest BCUT2D eigenvalue weighted by molar-refractivity contribution is 0.145. The van der Waals surface area contributed by atoms with E-state index in [-0.39, 0.29) is 23.0 Å². The Morgan fingerprint density at radius 3 is 2.69 bits per heavy atom. The van der Waals surface area contributed by atoms with E-state index >= 15 is 0 Å². The lowest BCUT2D eigenvalue weighted by Crippen LogP contribution is -1.96. The monoisotopic (exact) mass is 207 g/mol. The van der Waals surface area contributed by atoms with E-state index in [9.17, 15) is 13.9 Å². The van der Waals surface area contributed by atoms with Crippen molar-refractivity contribution in [2.45, 2.75) is 19.2 Å². The molecular formula is C8H8ClF2NO. The number of aromatic nitrogens is 1. The minimum atomic E-state index is -2.64. The summed E-state index contributed by atoms with van der Waals surface area (Å²) >= 11 is 5.41. The minimum Gasteiger partial charge on any atom is -0.506 e. The van der Waals surface area contributed by atoms with Crippen molar-refractivity contribution in [3.8, 4) is 5.75 Å². The van der Waals surface area contributed by atoms with Crippen LogP contribution in [0, 0.1) is 6.92 Å². The molecular weight excluding hydrogens is 200 g/mol. The Labute approximate surface area is 79.2 Å². The summed E-state index contributed by atoms with van der Waals surface area (Å²) in [5, 5.41) is 9.31. The highest BCUT2D eigenvalue weighted by molar-refractivity contribution is 6.17. The minimum absolute atomic E-state index is 0.0762. The zero-order chi connectivity index (χ0) is 10.0.